The third kappa shape index (κ3) is 5.65. The molecule has 2 aromatic rings. The molecule has 2 aromatic carbocycles. The minimum absolute atomic E-state index is 0.000449. The number of aryl methyl sites for hydroxylation is 1. The summed E-state index contributed by atoms with van der Waals surface area (Å²) in [5.41, 5.74) is 2.57. The molecule has 1 atom stereocenters. The van der Waals surface area contributed by atoms with Crippen LogP contribution in [0.1, 0.15) is 54.7 Å². The highest BCUT2D eigenvalue weighted by molar-refractivity contribution is 7.89. The molecule has 0 aliphatic heterocycles. The molecule has 29 heavy (non-hydrogen) atoms. The van der Waals surface area contributed by atoms with Crippen LogP contribution in [-0.4, -0.2) is 33.0 Å². The molecule has 0 aromatic heterocycles. The number of hydrogen-bond donors (Lipinski definition) is 1. The van der Waals surface area contributed by atoms with Crippen molar-refractivity contribution >= 4 is 15.9 Å². The van der Waals surface area contributed by atoms with Crippen LogP contribution >= 0.6 is 0 Å². The van der Waals surface area contributed by atoms with Gasteiger partial charge in [-0.1, -0.05) is 62.0 Å². The molecule has 1 unspecified atom stereocenters. The highest BCUT2D eigenvalue weighted by Crippen LogP contribution is 2.24. The quantitative estimate of drug-likeness (QED) is 0.626. The largest absolute Gasteiger partial charge is 0.345 e. The maximum atomic E-state index is 12.9. The van der Waals surface area contributed by atoms with E-state index in [9.17, 15) is 13.2 Å². The van der Waals surface area contributed by atoms with Gasteiger partial charge in [-0.15, -0.1) is 0 Å². The smallest absolute Gasteiger partial charge is 0.264 e. The van der Waals surface area contributed by atoms with Crippen molar-refractivity contribution in [3.05, 3.63) is 65.2 Å². The first-order valence-electron chi connectivity index (χ1n) is 9.73. The molecule has 0 spiro atoms. The number of hydrogen-bond acceptors (Lipinski definition) is 4. The number of nitrogens with zero attached hydrogens (tertiary/aromatic N) is 1. The van der Waals surface area contributed by atoms with Crippen LogP contribution in [0.25, 0.3) is 0 Å². The first-order valence-corrected chi connectivity index (χ1v) is 11.2. The molecule has 6 nitrogen and oxygen atoms in total. The molecular formula is C22H30N2O4S. The van der Waals surface area contributed by atoms with Crippen LogP contribution in [0.5, 0.6) is 0 Å². The summed E-state index contributed by atoms with van der Waals surface area (Å²) in [6.45, 7) is 6.22. The van der Waals surface area contributed by atoms with Gasteiger partial charge in [-0.05, 0) is 41.7 Å². The minimum Gasteiger partial charge on any atom is -0.345 e. The molecule has 1 amide bonds. The Morgan fingerprint density at radius 2 is 1.79 bits per heavy atom. The molecule has 0 saturated carbocycles. The summed E-state index contributed by atoms with van der Waals surface area (Å²) >= 11 is 0. The van der Waals surface area contributed by atoms with Crippen molar-refractivity contribution in [3.8, 4) is 0 Å². The fraction of sp³-hybridized carbons (Fsp3) is 0.409. The second kappa shape index (κ2) is 10.0. The van der Waals surface area contributed by atoms with Gasteiger partial charge in [0.05, 0.1) is 18.0 Å². The zero-order chi connectivity index (χ0) is 21.6. The highest BCUT2D eigenvalue weighted by atomic mass is 32.2. The van der Waals surface area contributed by atoms with E-state index in [1.165, 1.54) is 31.9 Å². The molecule has 2 rings (SSSR count). The summed E-state index contributed by atoms with van der Waals surface area (Å²) in [4.78, 5) is 17.7. The van der Waals surface area contributed by atoms with E-state index in [4.69, 9.17) is 4.84 Å². The zero-order valence-electron chi connectivity index (χ0n) is 17.7. The molecule has 1 N–H and O–H groups in total. The van der Waals surface area contributed by atoms with E-state index in [0.717, 1.165) is 22.9 Å². The van der Waals surface area contributed by atoms with E-state index in [0.29, 0.717) is 0 Å². The molecular weight excluding hydrogens is 388 g/mol. The number of nitrogens with one attached hydrogen (secondary N) is 1. The number of amides is 1. The van der Waals surface area contributed by atoms with Crippen LogP contribution < -0.4 is 5.32 Å². The summed E-state index contributed by atoms with van der Waals surface area (Å²) in [6.07, 6.45) is 2.11. The zero-order valence-corrected chi connectivity index (χ0v) is 18.5. The van der Waals surface area contributed by atoms with Gasteiger partial charge in [0.2, 0.25) is 0 Å². The van der Waals surface area contributed by atoms with Crippen LogP contribution in [0.4, 0.5) is 0 Å². The van der Waals surface area contributed by atoms with Crippen molar-refractivity contribution < 1.29 is 18.0 Å². The lowest BCUT2D eigenvalue weighted by Crippen LogP contribution is -2.32. The minimum atomic E-state index is -3.82. The fourth-order valence-electron chi connectivity index (χ4n) is 3.08. The number of rotatable bonds is 9. The third-order valence-corrected chi connectivity index (χ3v) is 6.50. The van der Waals surface area contributed by atoms with E-state index in [1.54, 1.807) is 12.1 Å². The molecule has 0 heterocycles. The molecule has 0 fully saturated rings. The summed E-state index contributed by atoms with van der Waals surface area (Å²) in [5.74, 6) is -0.152. The van der Waals surface area contributed by atoms with Gasteiger partial charge in [0, 0.05) is 12.6 Å². The normalized spacial score (nSPS) is 12.9. The summed E-state index contributed by atoms with van der Waals surface area (Å²) < 4.78 is 25.7. The van der Waals surface area contributed by atoms with E-state index in [1.807, 2.05) is 26.0 Å². The van der Waals surface area contributed by atoms with Crippen LogP contribution in [0.2, 0.25) is 0 Å². The maximum absolute atomic E-state index is 12.9. The van der Waals surface area contributed by atoms with Gasteiger partial charge in [0.25, 0.3) is 15.9 Å². The van der Waals surface area contributed by atoms with E-state index in [-0.39, 0.29) is 28.3 Å². The lowest BCUT2D eigenvalue weighted by molar-refractivity contribution is -0.0258. The molecule has 7 heteroatoms. The summed E-state index contributed by atoms with van der Waals surface area (Å²) in [7, 11) is -1.25. The predicted octanol–water partition coefficient (Wildman–Crippen LogP) is 3.95. The first kappa shape index (κ1) is 23.1. The Labute approximate surface area is 173 Å². The van der Waals surface area contributed by atoms with Crippen molar-refractivity contribution in [3.63, 3.8) is 0 Å². The van der Waals surface area contributed by atoms with Gasteiger partial charge in [-0.2, -0.15) is 0 Å². The number of benzene rings is 2. The van der Waals surface area contributed by atoms with Crippen molar-refractivity contribution in [2.75, 3.05) is 14.2 Å². The lowest BCUT2D eigenvalue weighted by atomic mass is 9.94. The lowest BCUT2D eigenvalue weighted by Gasteiger charge is -2.23. The Bertz CT molecular complexity index is 924. The summed E-state index contributed by atoms with van der Waals surface area (Å²) in [5, 5.41) is 3.04. The van der Waals surface area contributed by atoms with Crippen molar-refractivity contribution in [2.45, 2.75) is 44.6 Å². The fourth-order valence-corrected chi connectivity index (χ4v) is 4.10. The van der Waals surface area contributed by atoms with Crippen molar-refractivity contribution in [2.24, 2.45) is 5.92 Å². The molecule has 158 valence electrons. The summed E-state index contributed by atoms with van der Waals surface area (Å²) in [6, 6.07) is 14.0. The Morgan fingerprint density at radius 1 is 1.14 bits per heavy atom. The number of carbonyl (C=O) groups is 1. The number of sulfonamides is 1. The van der Waals surface area contributed by atoms with Gasteiger partial charge in [0.15, 0.2) is 0 Å². The van der Waals surface area contributed by atoms with E-state index in [2.05, 4.69) is 24.4 Å². The Hall–Kier alpha value is -2.22. The average molecular weight is 419 g/mol. The van der Waals surface area contributed by atoms with E-state index < -0.39 is 10.0 Å². The number of carbonyl (C=O) groups excluding carboxylic acids is 1. The molecule has 0 saturated heterocycles. The Morgan fingerprint density at radius 3 is 2.34 bits per heavy atom. The maximum Gasteiger partial charge on any atom is 0.264 e. The Balaban J connectivity index is 2.26. The Kier molecular flexibility index (Phi) is 7.96. The van der Waals surface area contributed by atoms with Gasteiger partial charge in [-0.25, -0.2) is 8.42 Å². The highest BCUT2D eigenvalue weighted by Gasteiger charge is 2.23. The van der Waals surface area contributed by atoms with Crippen LogP contribution in [0.3, 0.4) is 0 Å². The van der Waals surface area contributed by atoms with Gasteiger partial charge < -0.3 is 5.32 Å². The van der Waals surface area contributed by atoms with Crippen LogP contribution in [0, 0.1) is 5.92 Å². The van der Waals surface area contributed by atoms with Crippen LogP contribution in [-0.2, 0) is 21.3 Å². The van der Waals surface area contributed by atoms with Crippen molar-refractivity contribution in [1.29, 1.82) is 0 Å². The predicted molar refractivity (Wildman–Crippen MR) is 114 cm³/mol. The molecule has 0 bridgehead atoms. The molecule has 0 aliphatic rings. The van der Waals surface area contributed by atoms with Crippen LogP contribution in [0.15, 0.2) is 53.4 Å². The van der Waals surface area contributed by atoms with Gasteiger partial charge in [0.1, 0.15) is 0 Å². The van der Waals surface area contributed by atoms with Gasteiger partial charge in [-0.3, -0.25) is 9.63 Å². The first-order chi connectivity index (χ1) is 13.7. The second-order valence-electron chi connectivity index (χ2n) is 7.31. The molecule has 0 aliphatic carbocycles. The topological polar surface area (TPSA) is 75.7 Å². The molecule has 0 radical (unpaired) electrons. The van der Waals surface area contributed by atoms with Crippen molar-refractivity contribution in [1.82, 2.24) is 9.79 Å². The van der Waals surface area contributed by atoms with E-state index >= 15 is 0 Å². The third-order valence-electron chi connectivity index (χ3n) is 4.82. The monoisotopic (exact) mass is 418 g/mol. The van der Waals surface area contributed by atoms with Gasteiger partial charge >= 0.3 is 0 Å². The number of hydroxylamine groups is 1. The average Bonchev–Trinajstić information content (AvgIpc) is 2.72. The standard InChI is InChI=1S/C22H30N2O4S/c1-6-8-17-11-13-18(14-12-17)21(16(2)3)23-22(25)19-9-7-10-20(15-19)29(26,27)24(4)28-5/h7,9-16,21H,6,8H2,1-5H3,(H,23,25). The second-order valence-corrected chi connectivity index (χ2v) is 9.25. The SMILES string of the molecule is CCCc1ccc(C(NC(=O)c2cccc(S(=O)(=O)N(C)OC)c2)C(C)C)cc1.